The van der Waals surface area contributed by atoms with Crippen molar-refractivity contribution in [1.29, 1.82) is 0 Å². The van der Waals surface area contributed by atoms with Gasteiger partial charge in [-0.15, -0.1) is 0 Å². The Labute approximate surface area is 86.4 Å². The summed E-state index contributed by atoms with van der Waals surface area (Å²) in [6, 6.07) is 0. The topological polar surface area (TPSA) is 47.1 Å². The number of ketones is 1. The predicted octanol–water partition coefficient (Wildman–Crippen LogP) is -2.19. The molecule has 0 rings (SSSR count). The van der Waals surface area contributed by atoms with E-state index in [4.69, 9.17) is 0 Å². The maximum atomic E-state index is 9.81. The van der Waals surface area contributed by atoms with Crippen LogP contribution in [-0.2, 0) is 4.79 Å². The normalized spacial score (nSPS) is 5.43. The van der Waals surface area contributed by atoms with Crippen LogP contribution in [-0.4, -0.2) is 11.3 Å². The zero-order valence-electron chi connectivity index (χ0n) is 5.06. The SMILES string of the molecule is CCC(C)=O.[K+].[OH-]. The van der Waals surface area contributed by atoms with Gasteiger partial charge in [0.15, 0.2) is 0 Å². The minimum Gasteiger partial charge on any atom is -0.870 e. The second-order valence-electron chi connectivity index (χ2n) is 1.06. The minimum atomic E-state index is 0. The molecule has 0 heterocycles. The molecule has 0 spiro atoms. The number of Topliss-reactive ketones (excluding diaryl/α,β-unsaturated/α-hetero) is 1. The third-order valence-corrected chi connectivity index (χ3v) is 0.498. The van der Waals surface area contributed by atoms with Gasteiger partial charge in [-0.3, -0.25) is 0 Å². The van der Waals surface area contributed by atoms with Crippen molar-refractivity contribution in [3.8, 4) is 0 Å². The van der Waals surface area contributed by atoms with E-state index in [0.717, 1.165) is 0 Å². The van der Waals surface area contributed by atoms with Crippen LogP contribution in [0.1, 0.15) is 20.3 Å². The van der Waals surface area contributed by atoms with E-state index >= 15 is 0 Å². The van der Waals surface area contributed by atoms with Crippen molar-refractivity contribution < 1.29 is 61.7 Å². The van der Waals surface area contributed by atoms with Gasteiger partial charge in [-0.25, -0.2) is 0 Å². The van der Waals surface area contributed by atoms with E-state index < -0.39 is 0 Å². The van der Waals surface area contributed by atoms with Crippen molar-refractivity contribution >= 4 is 5.78 Å². The number of carbonyl (C=O) groups is 1. The summed E-state index contributed by atoms with van der Waals surface area (Å²) in [7, 11) is 0. The fourth-order valence-corrected chi connectivity index (χ4v) is 0. The molecule has 0 aromatic heterocycles. The molecule has 0 aliphatic carbocycles. The first-order valence-corrected chi connectivity index (χ1v) is 1.76. The quantitative estimate of drug-likeness (QED) is 0.377. The van der Waals surface area contributed by atoms with E-state index in [2.05, 4.69) is 0 Å². The summed E-state index contributed by atoms with van der Waals surface area (Å²) < 4.78 is 0. The van der Waals surface area contributed by atoms with Crippen molar-refractivity contribution in [3.05, 3.63) is 0 Å². The molecular formula is C4H9KO2. The second-order valence-corrected chi connectivity index (χ2v) is 1.06. The van der Waals surface area contributed by atoms with Crippen molar-refractivity contribution in [2.45, 2.75) is 20.3 Å². The molecular weight excluding hydrogens is 119 g/mol. The first-order chi connectivity index (χ1) is 2.27. The van der Waals surface area contributed by atoms with Crippen LogP contribution in [0, 0.1) is 0 Å². The third-order valence-electron chi connectivity index (χ3n) is 0.498. The van der Waals surface area contributed by atoms with Gasteiger partial charge >= 0.3 is 51.4 Å². The Bertz CT molecular complexity index is 45.0. The molecule has 0 aromatic rings. The van der Waals surface area contributed by atoms with Gasteiger partial charge < -0.3 is 10.3 Å². The molecule has 0 aliphatic rings. The molecule has 1 N–H and O–H groups in total. The van der Waals surface area contributed by atoms with Crippen LogP contribution in [0.25, 0.3) is 0 Å². The summed E-state index contributed by atoms with van der Waals surface area (Å²) in [5.41, 5.74) is 0. The maximum Gasteiger partial charge on any atom is 1.00 e. The van der Waals surface area contributed by atoms with Gasteiger partial charge in [0.25, 0.3) is 0 Å². The average Bonchev–Trinajstić information content (AvgIpc) is 1.38. The fraction of sp³-hybridized carbons (Fsp3) is 0.750. The van der Waals surface area contributed by atoms with E-state index in [1.54, 1.807) is 6.92 Å². The zero-order chi connectivity index (χ0) is 4.28. The molecule has 0 aliphatic heterocycles. The van der Waals surface area contributed by atoms with Crippen LogP contribution < -0.4 is 51.4 Å². The molecule has 38 valence electrons. The number of hydrogen-bond acceptors (Lipinski definition) is 2. The molecule has 2 nitrogen and oxygen atoms in total. The fourth-order valence-electron chi connectivity index (χ4n) is 0. The van der Waals surface area contributed by atoms with E-state index in [-0.39, 0.29) is 62.6 Å². The second kappa shape index (κ2) is 10.3. The van der Waals surface area contributed by atoms with Gasteiger partial charge in [0.2, 0.25) is 0 Å². The molecule has 0 unspecified atom stereocenters. The molecule has 0 atom stereocenters. The van der Waals surface area contributed by atoms with Crippen LogP contribution >= 0.6 is 0 Å². The number of rotatable bonds is 1. The van der Waals surface area contributed by atoms with Crippen LogP contribution in [0.2, 0.25) is 0 Å². The first kappa shape index (κ1) is 15.7. The molecule has 0 saturated heterocycles. The third kappa shape index (κ3) is 18.9. The number of carbonyl (C=O) groups excluding carboxylic acids is 1. The van der Waals surface area contributed by atoms with E-state index in [1.807, 2.05) is 6.92 Å². The van der Waals surface area contributed by atoms with Crippen molar-refractivity contribution in [3.63, 3.8) is 0 Å². The molecule has 0 bridgehead atoms. The van der Waals surface area contributed by atoms with Crippen LogP contribution in [0.3, 0.4) is 0 Å². The maximum absolute atomic E-state index is 9.81. The van der Waals surface area contributed by atoms with Gasteiger partial charge in [-0.05, 0) is 6.92 Å². The van der Waals surface area contributed by atoms with Crippen LogP contribution in [0.4, 0.5) is 0 Å². The van der Waals surface area contributed by atoms with Gasteiger partial charge in [0, 0.05) is 6.42 Å². The van der Waals surface area contributed by atoms with E-state index in [0.29, 0.717) is 6.42 Å². The largest absolute Gasteiger partial charge is 1.00 e. The average molecular weight is 128 g/mol. The van der Waals surface area contributed by atoms with Crippen LogP contribution in [0.15, 0.2) is 0 Å². The van der Waals surface area contributed by atoms with Crippen LogP contribution in [0.5, 0.6) is 0 Å². The van der Waals surface area contributed by atoms with Gasteiger partial charge in [0.05, 0.1) is 0 Å². The Kier molecular flexibility index (Phi) is 23.1. The Balaban J connectivity index is -0.0000000800. The summed E-state index contributed by atoms with van der Waals surface area (Å²) >= 11 is 0. The summed E-state index contributed by atoms with van der Waals surface area (Å²) in [6.07, 6.45) is 0.667. The van der Waals surface area contributed by atoms with Crippen molar-refractivity contribution in [2.75, 3.05) is 0 Å². The minimum absolute atomic E-state index is 0. The predicted molar refractivity (Wildman–Crippen MR) is 22.9 cm³/mol. The van der Waals surface area contributed by atoms with Gasteiger partial charge in [0.1, 0.15) is 5.78 Å². The monoisotopic (exact) mass is 128 g/mol. The van der Waals surface area contributed by atoms with Crippen molar-refractivity contribution in [2.24, 2.45) is 0 Å². The summed E-state index contributed by atoms with van der Waals surface area (Å²) in [4.78, 5) is 9.81. The van der Waals surface area contributed by atoms with E-state index in [1.165, 1.54) is 0 Å². The molecule has 0 radical (unpaired) electrons. The first-order valence-electron chi connectivity index (χ1n) is 1.76. The standard InChI is InChI=1S/C4H8O.K.H2O/c1-3-4(2)5;;/h3H2,1-2H3;;1H2/q;+1;/p-1. The Morgan fingerprint density at radius 3 is 1.71 bits per heavy atom. The Hall–Kier alpha value is 1.27. The van der Waals surface area contributed by atoms with Gasteiger partial charge in [-0.2, -0.15) is 0 Å². The molecule has 0 saturated carbocycles. The summed E-state index contributed by atoms with van der Waals surface area (Å²) in [5, 5.41) is 0. The van der Waals surface area contributed by atoms with Gasteiger partial charge in [-0.1, -0.05) is 6.92 Å². The Morgan fingerprint density at radius 1 is 1.57 bits per heavy atom. The smallest absolute Gasteiger partial charge is 0.870 e. The Morgan fingerprint density at radius 2 is 1.71 bits per heavy atom. The molecule has 0 aromatic carbocycles. The number of hydrogen-bond donors (Lipinski definition) is 0. The van der Waals surface area contributed by atoms with E-state index in [9.17, 15) is 4.79 Å². The zero-order valence-corrected chi connectivity index (χ0v) is 8.19. The molecule has 7 heavy (non-hydrogen) atoms. The molecule has 3 heteroatoms. The van der Waals surface area contributed by atoms with Crippen molar-refractivity contribution in [1.82, 2.24) is 0 Å². The molecule has 0 amide bonds. The summed E-state index contributed by atoms with van der Waals surface area (Å²) in [6.45, 7) is 3.43. The molecule has 0 fully saturated rings. The summed E-state index contributed by atoms with van der Waals surface area (Å²) in [5.74, 6) is 0.255.